The first-order valence-electron chi connectivity index (χ1n) is 9.95. The van der Waals surface area contributed by atoms with Gasteiger partial charge in [-0.2, -0.15) is 0 Å². The third-order valence-corrected chi connectivity index (χ3v) is 9.40. The fourth-order valence-electron chi connectivity index (χ4n) is 3.47. The molecule has 2 nitrogen and oxygen atoms in total. The van der Waals surface area contributed by atoms with Crippen LogP contribution >= 0.6 is 11.6 Å². The third-order valence-electron chi connectivity index (χ3n) is 5.16. The molecule has 29 heavy (non-hydrogen) atoms. The molecule has 0 aromatic heterocycles. The number of aryl methyl sites for hydroxylation is 3. The zero-order chi connectivity index (χ0) is 20.9. The zero-order valence-corrected chi connectivity index (χ0v) is 19.0. The van der Waals surface area contributed by atoms with E-state index in [2.05, 4.69) is 93.6 Å². The molecule has 150 valence electrons. The molecular formula is C25H27ClO2Si. The number of halogens is 1. The van der Waals surface area contributed by atoms with E-state index < -0.39 is 8.32 Å². The van der Waals surface area contributed by atoms with Crippen molar-refractivity contribution in [2.45, 2.75) is 33.6 Å². The smallest absolute Gasteiger partial charge is 0.350 e. The molecule has 0 N–H and O–H groups in total. The molecule has 0 fully saturated rings. The van der Waals surface area contributed by atoms with Gasteiger partial charge < -0.3 is 4.43 Å². The van der Waals surface area contributed by atoms with Crippen LogP contribution in [-0.4, -0.2) is 20.2 Å². The van der Waals surface area contributed by atoms with Crippen LogP contribution in [0.2, 0.25) is 0 Å². The maximum atomic E-state index is 12.9. The first-order valence-corrected chi connectivity index (χ1v) is 12.4. The Morgan fingerprint density at radius 2 is 1.07 bits per heavy atom. The number of rotatable bonds is 7. The largest absolute Gasteiger partial charge is 0.506 e. The SMILES string of the molecule is Cc1ccc([Si](OC(=O)CCCCl)(c2ccc(C)cc2)c2ccc(C)cc2)cc1. The topological polar surface area (TPSA) is 26.3 Å². The Balaban J connectivity index is 2.24. The molecule has 3 aromatic carbocycles. The predicted octanol–water partition coefficient (Wildman–Crippen LogP) is 4.14. The molecule has 0 radical (unpaired) electrons. The van der Waals surface area contributed by atoms with Gasteiger partial charge in [-0.15, -0.1) is 11.6 Å². The zero-order valence-electron chi connectivity index (χ0n) is 17.2. The van der Waals surface area contributed by atoms with Crippen molar-refractivity contribution < 1.29 is 9.22 Å². The number of carbonyl (C=O) groups excluding carboxylic acids is 1. The fourth-order valence-corrected chi connectivity index (χ4v) is 7.31. The molecule has 0 unspecified atom stereocenters. The Kier molecular flexibility index (Phi) is 6.94. The van der Waals surface area contributed by atoms with E-state index in [1.54, 1.807) is 0 Å². The van der Waals surface area contributed by atoms with Gasteiger partial charge in [0.2, 0.25) is 0 Å². The van der Waals surface area contributed by atoms with Crippen LogP contribution in [0.1, 0.15) is 29.5 Å². The van der Waals surface area contributed by atoms with Gasteiger partial charge in [0.1, 0.15) is 0 Å². The van der Waals surface area contributed by atoms with Gasteiger partial charge in [0.25, 0.3) is 5.97 Å². The molecule has 0 spiro atoms. The minimum absolute atomic E-state index is 0.195. The molecule has 3 aromatic rings. The van der Waals surface area contributed by atoms with Crippen molar-refractivity contribution in [3.05, 3.63) is 89.5 Å². The van der Waals surface area contributed by atoms with Crippen molar-refractivity contribution in [1.82, 2.24) is 0 Å². The second kappa shape index (κ2) is 9.42. The number of hydrogen-bond donors (Lipinski definition) is 0. The Labute approximate surface area is 179 Å². The van der Waals surface area contributed by atoms with Gasteiger partial charge in [0, 0.05) is 12.3 Å². The summed E-state index contributed by atoms with van der Waals surface area (Å²) < 4.78 is 6.46. The van der Waals surface area contributed by atoms with E-state index in [1.807, 2.05) is 0 Å². The van der Waals surface area contributed by atoms with Crippen LogP contribution in [-0.2, 0) is 9.22 Å². The second-order valence-corrected chi connectivity index (χ2v) is 11.2. The van der Waals surface area contributed by atoms with Gasteiger partial charge in [-0.25, -0.2) is 0 Å². The van der Waals surface area contributed by atoms with E-state index in [4.69, 9.17) is 16.0 Å². The molecule has 0 saturated heterocycles. The lowest BCUT2D eigenvalue weighted by Crippen LogP contribution is -2.70. The first-order chi connectivity index (χ1) is 14.0. The number of alkyl halides is 1. The van der Waals surface area contributed by atoms with Crippen LogP contribution in [0.25, 0.3) is 0 Å². The number of hydrogen-bond acceptors (Lipinski definition) is 2. The lowest BCUT2D eigenvalue weighted by molar-refractivity contribution is -0.134. The molecule has 0 aliphatic heterocycles. The Morgan fingerprint density at radius 3 is 1.38 bits per heavy atom. The monoisotopic (exact) mass is 422 g/mol. The van der Waals surface area contributed by atoms with Crippen LogP contribution in [0.15, 0.2) is 72.8 Å². The van der Waals surface area contributed by atoms with Crippen molar-refractivity contribution in [2.24, 2.45) is 0 Å². The summed E-state index contributed by atoms with van der Waals surface area (Å²) in [5.74, 6) is 0.252. The summed E-state index contributed by atoms with van der Waals surface area (Å²) in [6.07, 6.45) is 0.933. The summed E-state index contributed by atoms with van der Waals surface area (Å²) >= 11 is 5.82. The fraction of sp³-hybridized carbons (Fsp3) is 0.240. The highest BCUT2D eigenvalue weighted by molar-refractivity contribution is 7.07. The molecule has 4 heteroatoms. The summed E-state index contributed by atoms with van der Waals surface area (Å²) in [7, 11) is -3.00. The van der Waals surface area contributed by atoms with Crippen LogP contribution < -0.4 is 15.6 Å². The maximum Gasteiger partial charge on any atom is 0.350 e. The van der Waals surface area contributed by atoms with E-state index in [0.29, 0.717) is 18.7 Å². The minimum atomic E-state index is -3.00. The normalized spacial score (nSPS) is 11.3. The highest BCUT2D eigenvalue weighted by Gasteiger charge is 2.45. The van der Waals surface area contributed by atoms with E-state index >= 15 is 0 Å². The lowest BCUT2D eigenvalue weighted by Gasteiger charge is -2.32. The van der Waals surface area contributed by atoms with Gasteiger partial charge in [0.05, 0.1) is 0 Å². The summed E-state index contributed by atoms with van der Waals surface area (Å²) in [6, 6.07) is 25.2. The van der Waals surface area contributed by atoms with Gasteiger partial charge in [0.15, 0.2) is 0 Å². The van der Waals surface area contributed by atoms with Crippen LogP contribution in [0, 0.1) is 20.8 Å². The van der Waals surface area contributed by atoms with E-state index in [9.17, 15) is 4.79 Å². The predicted molar refractivity (Wildman–Crippen MR) is 124 cm³/mol. The van der Waals surface area contributed by atoms with Gasteiger partial charge in [-0.1, -0.05) is 89.5 Å². The second-order valence-electron chi connectivity index (χ2n) is 7.55. The van der Waals surface area contributed by atoms with Crippen molar-refractivity contribution >= 4 is 41.4 Å². The molecule has 0 bridgehead atoms. The molecule has 0 amide bonds. The molecule has 0 aliphatic rings. The number of benzene rings is 3. The molecule has 0 heterocycles. The van der Waals surface area contributed by atoms with Crippen molar-refractivity contribution in [1.29, 1.82) is 0 Å². The molecular weight excluding hydrogens is 396 g/mol. The highest BCUT2D eigenvalue weighted by atomic mass is 35.5. The maximum absolute atomic E-state index is 12.9. The van der Waals surface area contributed by atoms with Gasteiger partial charge in [-0.3, -0.25) is 4.79 Å². The average Bonchev–Trinajstić information content (AvgIpc) is 2.72. The Bertz CT molecular complexity index is 837. The molecule has 0 saturated carbocycles. The number of carbonyl (C=O) groups is 1. The Morgan fingerprint density at radius 1 is 0.724 bits per heavy atom. The van der Waals surface area contributed by atoms with E-state index in [0.717, 1.165) is 15.6 Å². The summed E-state index contributed by atoms with van der Waals surface area (Å²) in [4.78, 5) is 12.9. The quantitative estimate of drug-likeness (QED) is 0.325. The summed E-state index contributed by atoms with van der Waals surface area (Å²) in [5.41, 5.74) is 3.54. The lowest BCUT2D eigenvalue weighted by atomic mass is 10.2. The average molecular weight is 423 g/mol. The highest BCUT2D eigenvalue weighted by Crippen LogP contribution is 2.14. The van der Waals surface area contributed by atoms with Gasteiger partial charge in [-0.05, 0) is 42.8 Å². The van der Waals surface area contributed by atoms with Crippen LogP contribution in [0.4, 0.5) is 0 Å². The third kappa shape index (κ3) is 4.80. The van der Waals surface area contributed by atoms with Crippen LogP contribution in [0.5, 0.6) is 0 Å². The standard InChI is InChI=1S/C25H27ClO2Si/c1-19-6-12-22(13-7-19)29(28-25(27)5-4-18-26,23-14-8-20(2)9-15-23)24-16-10-21(3)11-17-24/h6-17H,4-5,18H2,1-3H3. The summed E-state index contributed by atoms with van der Waals surface area (Å²) in [6.45, 7) is 6.20. The Hall–Kier alpha value is -2.36. The van der Waals surface area contributed by atoms with Crippen molar-refractivity contribution in [3.63, 3.8) is 0 Å². The van der Waals surface area contributed by atoms with Gasteiger partial charge >= 0.3 is 8.32 Å². The van der Waals surface area contributed by atoms with E-state index in [-0.39, 0.29) is 5.97 Å². The van der Waals surface area contributed by atoms with Crippen LogP contribution in [0.3, 0.4) is 0 Å². The summed E-state index contributed by atoms with van der Waals surface area (Å²) in [5, 5.41) is 3.19. The van der Waals surface area contributed by atoms with E-state index in [1.165, 1.54) is 16.7 Å². The molecule has 3 rings (SSSR count). The first kappa shape index (κ1) is 21.3. The molecule has 0 atom stereocenters. The van der Waals surface area contributed by atoms with Crippen molar-refractivity contribution in [3.8, 4) is 0 Å². The van der Waals surface area contributed by atoms with Crippen molar-refractivity contribution in [2.75, 3.05) is 5.88 Å². The minimum Gasteiger partial charge on any atom is -0.506 e. The molecule has 0 aliphatic carbocycles.